The van der Waals surface area contributed by atoms with Gasteiger partial charge >= 0.3 is 6.09 Å². The molecule has 0 atom stereocenters. The molecule has 7 nitrogen and oxygen atoms in total. The molecule has 1 aliphatic rings. The van der Waals surface area contributed by atoms with E-state index in [0.29, 0.717) is 0 Å². The van der Waals surface area contributed by atoms with Crippen LogP contribution in [0, 0.1) is 22.7 Å². The molecule has 0 spiro atoms. The van der Waals surface area contributed by atoms with E-state index in [1.54, 1.807) is 6.07 Å². The van der Waals surface area contributed by atoms with Gasteiger partial charge in [-0.3, -0.25) is 0 Å². The van der Waals surface area contributed by atoms with Crippen LogP contribution in [-0.2, 0) is 17.7 Å². The number of fused-ring (bicyclic) bond motifs is 1. The SMILES string of the molecule is [2H]C([2H])(C#N)Nc1nc(Cl)c(C#N)c2c1CN(C(=O)OCC=C)CC2([2H])[2H]. The van der Waals surface area contributed by atoms with Crippen LogP contribution in [0.15, 0.2) is 12.7 Å². The summed E-state index contributed by atoms with van der Waals surface area (Å²) in [6.45, 7) is 0.199. The Morgan fingerprint density at radius 1 is 1.65 bits per heavy atom. The lowest BCUT2D eigenvalue weighted by atomic mass is 9.96. The second-order valence-electron chi connectivity index (χ2n) is 4.35. The van der Waals surface area contributed by atoms with E-state index < -0.39 is 25.5 Å². The van der Waals surface area contributed by atoms with Gasteiger partial charge in [-0.15, -0.1) is 0 Å². The predicted molar refractivity (Wildman–Crippen MR) is 83.7 cm³/mol. The van der Waals surface area contributed by atoms with E-state index in [2.05, 4.69) is 16.9 Å². The van der Waals surface area contributed by atoms with Crippen molar-refractivity contribution in [1.29, 1.82) is 10.5 Å². The van der Waals surface area contributed by atoms with Gasteiger partial charge in [0.2, 0.25) is 0 Å². The van der Waals surface area contributed by atoms with Crippen molar-refractivity contribution in [1.82, 2.24) is 9.88 Å². The zero-order valence-electron chi connectivity index (χ0n) is 15.9. The minimum absolute atomic E-state index is 0.0434. The lowest BCUT2D eigenvalue weighted by Crippen LogP contribution is -2.37. The highest BCUT2D eigenvalue weighted by Gasteiger charge is 2.28. The maximum Gasteiger partial charge on any atom is 0.410 e. The summed E-state index contributed by atoms with van der Waals surface area (Å²) >= 11 is 5.97. The average Bonchev–Trinajstić information content (AvgIpc) is 2.59. The molecule has 0 bridgehead atoms. The van der Waals surface area contributed by atoms with Crippen LogP contribution in [0.25, 0.3) is 0 Å². The number of nitriles is 2. The lowest BCUT2D eigenvalue weighted by Gasteiger charge is -2.30. The second kappa shape index (κ2) is 7.48. The Labute approximate surface area is 144 Å². The molecule has 2 heterocycles. The Morgan fingerprint density at radius 3 is 3.09 bits per heavy atom. The van der Waals surface area contributed by atoms with Crippen molar-refractivity contribution in [2.75, 3.05) is 25.0 Å². The van der Waals surface area contributed by atoms with Gasteiger partial charge in [0.1, 0.15) is 30.1 Å². The summed E-state index contributed by atoms with van der Waals surface area (Å²) in [6, 6.07) is 3.18. The topological polar surface area (TPSA) is 102 Å². The van der Waals surface area contributed by atoms with E-state index in [1.165, 1.54) is 12.1 Å². The summed E-state index contributed by atoms with van der Waals surface area (Å²) in [5.74, 6) is -0.231. The molecule has 2 rings (SSSR count). The van der Waals surface area contributed by atoms with Crippen molar-refractivity contribution >= 4 is 23.5 Å². The Morgan fingerprint density at radius 2 is 2.43 bits per heavy atom. The Kier molecular flexibility index (Phi) is 3.82. The molecular weight excluding hydrogens is 318 g/mol. The highest BCUT2D eigenvalue weighted by Crippen LogP contribution is 2.31. The summed E-state index contributed by atoms with van der Waals surface area (Å²) < 4.78 is 36.6. The van der Waals surface area contributed by atoms with E-state index in [1.807, 2.05) is 0 Å². The van der Waals surface area contributed by atoms with Gasteiger partial charge < -0.3 is 15.0 Å². The van der Waals surface area contributed by atoms with E-state index in [0.717, 1.165) is 4.90 Å². The van der Waals surface area contributed by atoms with Crippen LogP contribution >= 0.6 is 11.6 Å². The van der Waals surface area contributed by atoms with Gasteiger partial charge in [0.05, 0.1) is 20.9 Å². The van der Waals surface area contributed by atoms with Gasteiger partial charge in [0.15, 0.2) is 0 Å². The first-order valence-corrected chi connectivity index (χ1v) is 6.79. The molecule has 23 heavy (non-hydrogen) atoms. The van der Waals surface area contributed by atoms with Crippen molar-refractivity contribution in [3.05, 3.63) is 34.5 Å². The molecule has 0 aromatic carbocycles. The molecular formula is C15H14ClN5O2. The second-order valence-corrected chi connectivity index (χ2v) is 4.71. The largest absolute Gasteiger partial charge is 0.445 e. The van der Waals surface area contributed by atoms with Crippen molar-refractivity contribution in [3.63, 3.8) is 0 Å². The molecule has 1 N–H and O–H groups in total. The number of hydrogen-bond donors (Lipinski definition) is 1. The molecule has 1 amide bonds. The number of pyridine rings is 1. The average molecular weight is 336 g/mol. The van der Waals surface area contributed by atoms with Crippen molar-refractivity contribution < 1.29 is 15.0 Å². The molecule has 8 heteroatoms. The van der Waals surface area contributed by atoms with Crippen LogP contribution in [0.4, 0.5) is 10.6 Å². The number of anilines is 1. The van der Waals surface area contributed by atoms with E-state index in [9.17, 15) is 10.1 Å². The number of hydrogen-bond acceptors (Lipinski definition) is 6. The number of aromatic nitrogens is 1. The molecule has 0 unspecified atom stereocenters. The summed E-state index contributed by atoms with van der Waals surface area (Å²) in [6.07, 6.45) is -1.64. The van der Waals surface area contributed by atoms with Crippen molar-refractivity contribution in [2.45, 2.75) is 12.9 Å². The van der Waals surface area contributed by atoms with Gasteiger partial charge in [-0.2, -0.15) is 10.5 Å². The molecule has 0 saturated carbocycles. The van der Waals surface area contributed by atoms with Crippen LogP contribution in [0.3, 0.4) is 0 Å². The Hall–Kier alpha value is -2.77. The highest BCUT2D eigenvalue weighted by atomic mass is 35.5. The van der Waals surface area contributed by atoms with Crippen LogP contribution in [0.1, 0.15) is 22.2 Å². The van der Waals surface area contributed by atoms with Crippen LogP contribution in [0.5, 0.6) is 0 Å². The standard InChI is InChI=1S/C15H14ClN5O2/c1-2-7-23-15(22)21-6-3-10-11(8-18)13(16)20-14(12(10)9-21)19-5-4-17/h2H,1,3,5-7,9H2,(H,19,20)/i3D2,5D2. The van der Waals surface area contributed by atoms with Gasteiger partial charge in [0.25, 0.3) is 0 Å². The number of rotatable bonds is 4. The fourth-order valence-electron chi connectivity index (χ4n) is 2.01. The fourth-order valence-corrected chi connectivity index (χ4v) is 2.23. The molecule has 0 aliphatic carbocycles. The zero-order valence-corrected chi connectivity index (χ0v) is 12.6. The van der Waals surface area contributed by atoms with Gasteiger partial charge in [-0.1, -0.05) is 24.3 Å². The predicted octanol–water partition coefficient (Wildman–Crippen LogP) is 2.22. The zero-order chi connectivity index (χ0) is 20.4. The minimum Gasteiger partial charge on any atom is -0.445 e. The quantitative estimate of drug-likeness (QED) is 0.514. The third kappa shape index (κ3) is 3.53. The summed E-state index contributed by atoms with van der Waals surface area (Å²) in [7, 11) is 0. The maximum atomic E-state index is 12.2. The van der Waals surface area contributed by atoms with Crippen LogP contribution in [-0.4, -0.2) is 35.6 Å². The number of halogens is 1. The van der Waals surface area contributed by atoms with Gasteiger partial charge in [0, 0.05) is 14.8 Å². The summed E-state index contributed by atoms with van der Waals surface area (Å²) in [5, 5.41) is 20.2. The van der Waals surface area contributed by atoms with Gasteiger partial charge in [-0.25, -0.2) is 9.78 Å². The van der Waals surface area contributed by atoms with E-state index in [4.69, 9.17) is 27.1 Å². The third-order valence-electron chi connectivity index (χ3n) is 2.98. The third-order valence-corrected chi connectivity index (χ3v) is 3.25. The molecule has 118 valence electrons. The van der Waals surface area contributed by atoms with E-state index in [-0.39, 0.29) is 40.8 Å². The fraction of sp³-hybridized carbons (Fsp3) is 0.333. The number of carbonyl (C=O) groups is 1. The lowest BCUT2D eigenvalue weighted by molar-refractivity contribution is 0.108. The normalized spacial score (nSPS) is 18.0. The summed E-state index contributed by atoms with van der Waals surface area (Å²) in [4.78, 5) is 17.1. The number of carbonyl (C=O) groups excluding carboxylic acids is 1. The molecule has 0 fully saturated rings. The smallest absolute Gasteiger partial charge is 0.410 e. The summed E-state index contributed by atoms with van der Waals surface area (Å²) in [5.41, 5.74) is -0.269. The number of amides is 1. The van der Waals surface area contributed by atoms with Crippen molar-refractivity contribution in [2.24, 2.45) is 0 Å². The number of nitrogens with one attached hydrogen (secondary N) is 1. The van der Waals surface area contributed by atoms with Gasteiger partial charge in [-0.05, 0) is 11.9 Å². The molecule has 1 aromatic heterocycles. The maximum absolute atomic E-state index is 12.2. The number of nitrogens with zero attached hydrogens (tertiary/aromatic N) is 4. The monoisotopic (exact) mass is 335 g/mol. The first-order chi connectivity index (χ1) is 12.6. The molecule has 0 radical (unpaired) electrons. The van der Waals surface area contributed by atoms with E-state index >= 15 is 0 Å². The molecule has 1 aliphatic heterocycles. The van der Waals surface area contributed by atoms with Crippen LogP contribution in [0.2, 0.25) is 5.15 Å². The highest BCUT2D eigenvalue weighted by molar-refractivity contribution is 6.30. The molecule has 0 saturated heterocycles. The van der Waals surface area contributed by atoms with Crippen LogP contribution < -0.4 is 5.32 Å². The number of ether oxygens (including phenoxy) is 1. The Balaban J connectivity index is 2.62. The molecule has 1 aromatic rings. The first kappa shape index (κ1) is 11.8. The van der Waals surface area contributed by atoms with Crippen molar-refractivity contribution in [3.8, 4) is 12.1 Å². The first-order valence-electron chi connectivity index (χ1n) is 8.41. The minimum atomic E-state index is -2.53. The Bertz CT molecular complexity index is 878.